The van der Waals surface area contributed by atoms with E-state index in [1.54, 1.807) is 0 Å². The van der Waals surface area contributed by atoms with Crippen molar-refractivity contribution in [1.29, 1.82) is 0 Å². The van der Waals surface area contributed by atoms with Crippen LogP contribution in [-0.4, -0.2) is 26.6 Å². The third-order valence-corrected chi connectivity index (χ3v) is 0.833. The Balaban J connectivity index is 3.60. The maximum absolute atomic E-state index is 10.6. The van der Waals surface area contributed by atoms with Crippen LogP contribution in [-0.2, 0) is 14.3 Å². The fourth-order valence-corrected chi connectivity index (χ4v) is 0.325. The highest BCUT2D eigenvalue weighted by Gasteiger charge is 2.04. The molecule has 0 bridgehead atoms. The van der Waals surface area contributed by atoms with Gasteiger partial charge in [0.25, 0.3) is 0 Å². The molecule has 0 atom stereocenters. The Bertz CT molecular complexity index is 117. The molecule has 0 aromatic rings. The van der Waals surface area contributed by atoms with E-state index in [0.29, 0.717) is 0 Å². The number of methoxy groups -OCH3 is 2. The molecule has 9 heavy (non-hydrogen) atoms. The number of hydrogen-bond acceptors (Lipinski definition) is 3. The standard InChI is InChI=1S/C6H10O3/c1-5(9-3)6(7)4-8-2/h1,4H2,2-3H3. The fraction of sp³-hybridized carbons (Fsp3) is 0.500. The summed E-state index contributed by atoms with van der Waals surface area (Å²) in [7, 11) is 2.84. The van der Waals surface area contributed by atoms with Crippen molar-refractivity contribution < 1.29 is 14.3 Å². The third-order valence-electron chi connectivity index (χ3n) is 0.833. The summed E-state index contributed by atoms with van der Waals surface area (Å²) < 4.78 is 9.08. The quantitative estimate of drug-likeness (QED) is 0.407. The lowest BCUT2D eigenvalue weighted by Gasteiger charge is -1.99. The van der Waals surface area contributed by atoms with E-state index in [-0.39, 0.29) is 18.1 Å². The Morgan fingerprint density at radius 3 is 2.44 bits per heavy atom. The largest absolute Gasteiger partial charge is 0.494 e. The van der Waals surface area contributed by atoms with Crippen LogP contribution in [0.15, 0.2) is 12.3 Å². The molecule has 3 nitrogen and oxygen atoms in total. The molecule has 0 rings (SSSR count). The zero-order valence-corrected chi connectivity index (χ0v) is 5.64. The van der Waals surface area contributed by atoms with Crippen molar-refractivity contribution in [3.63, 3.8) is 0 Å². The first-order valence-electron chi connectivity index (χ1n) is 2.47. The van der Waals surface area contributed by atoms with E-state index < -0.39 is 0 Å². The number of rotatable bonds is 4. The second kappa shape index (κ2) is 4.09. The van der Waals surface area contributed by atoms with Crippen LogP contribution >= 0.6 is 0 Å². The first kappa shape index (κ1) is 8.17. The molecule has 3 heteroatoms. The highest BCUT2D eigenvalue weighted by molar-refractivity contribution is 5.93. The van der Waals surface area contributed by atoms with Gasteiger partial charge in [-0.05, 0) is 0 Å². The van der Waals surface area contributed by atoms with Crippen LogP contribution < -0.4 is 0 Å². The van der Waals surface area contributed by atoms with Crippen LogP contribution in [0.5, 0.6) is 0 Å². The van der Waals surface area contributed by atoms with E-state index in [9.17, 15) is 4.79 Å². The van der Waals surface area contributed by atoms with Crippen LogP contribution in [0.25, 0.3) is 0 Å². The van der Waals surface area contributed by atoms with Gasteiger partial charge in [0.15, 0.2) is 5.76 Å². The lowest BCUT2D eigenvalue weighted by Crippen LogP contribution is -2.09. The van der Waals surface area contributed by atoms with Crippen molar-refractivity contribution in [2.45, 2.75) is 0 Å². The molecule has 0 aliphatic rings. The lowest BCUT2D eigenvalue weighted by molar-refractivity contribution is -0.121. The summed E-state index contributed by atoms with van der Waals surface area (Å²) in [6.45, 7) is 3.37. The summed E-state index contributed by atoms with van der Waals surface area (Å²) >= 11 is 0. The summed E-state index contributed by atoms with van der Waals surface area (Å²) in [5, 5.41) is 0. The molecule has 0 fully saturated rings. The van der Waals surface area contributed by atoms with Crippen LogP contribution in [0.1, 0.15) is 0 Å². The Hall–Kier alpha value is -0.830. The maximum Gasteiger partial charge on any atom is 0.222 e. The van der Waals surface area contributed by atoms with Crippen molar-refractivity contribution in [3.05, 3.63) is 12.3 Å². The molecule has 0 aliphatic carbocycles. The van der Waals surface area contributed by atoms with Crippen molar-refractivity contribution in [2.75, 3.05) is 20.8 Å². The Morgan fingerprint density at radius 2 is 2.11 bits per heavy atom. The molecule has 0 N–H and O–H groups in total. The van der Waals surface area contributed by atoms with E-state index in [1.807, 2.05) is 0 Å². The molecule has 52 valence electrons. The second-order valence-electron chi connectivity index (χ2n) is 1.48. The Kier molecular flexibility index (Phi) is 3.71. The van der Waals surface area contributed by atoms with Gasteiger partial charge in [-0.3, -0.25) is 4.79 Å². The molecule has 0 spiro atoms. The minimum Gasteiger partial charge on any atom is -0.494 e. The van der Waals surface area contributed by atoms with E-state index in [4.69, 9.17) is 0 Å². The zero-order chi connectivity index (χ0) is 7.28. The van der Waals surface area contributed by atoms with E-state index >= 15 is 0 Å². The predicted molar refractivity (Wildman–Crippen MR) is 33.0 cm³/mol. The first-order chi connectivity index (χ1) is 4.22. The molecule has 0 saturated carbocycles. The summed E-state index contributed by atoms with van der Waals surface area (Å²) in [6.07, 6.45) is 0. The highest BCUT2D eigenvalue weighted by Crippen LogP contribution is 1.91. The Labute approximate surface area is 54.3 Å². The summed E-state index contributed by atoms with van der Waals surface area (Å²) in [6, 6.07) is 0. The molecule has 0 unspecified atom stereocenters. The van der Waals surface area contributed by atoms with E-state index in [0.717, 1.165) is 0 Å². The third kappa shape index (κ3) is 2.87. The van der Waals surface area contributed by atoms with Crippen LogP contribution in [0.3, 0.4) is 0 Å². The topological polar surface area (TPSA) is 35.5 Å². The van der Waals surface area contributed by atoms with Crippen LogP contribution in [0.2, 0.25) is 0 Å². The molecule has 0 radical (unpaired) electrons. The molecule has 0 aromatic carbocycles. The predicted octanol–water partition coefficient (Wildman–Crippen LogP) is 0.362. The zero-order valence-electron chi connectivity index (χ0n) is 5.64. The summed E-state index contributed by atoms with van der Waals surface area (Å²) in [5.41, 5.74) is 0. The number of Topliss-reactive ketones (excluding diaryl/α,β-unsaturated/α-hetero) is 1. The molecule has 0 aromatic heterocycles. The SMILES string of the molecule is C=C(OC)C(=O)COC. The smallest absolute Gasteiger partial charge is 0.222 e. The van der Waals surface area contributed by atoms with Gasteiger partial charge in [-0.15, -0.1) is 0 Å². The van der Waals surface area contributed by atoms with Gasteiger partial charge in [-0.25, -0.2) is 0 Å². The van der Waals surface area contributed by atoms with Gasteiger partial charge in [0.2, 0.25) is 5.78 Å². The fourth-order valence-electron chi connectivity index (χ4n) is 0.325. The molecule has 0 saturated heterocycles. The molecular weight excluding hydrogens is 120 g/mol. The molecular formula is C6H10O3. The minimum atomic E-state index is -0.222. The van der Waals surface area contributed by atoms with Gasteiger partial charge in [-0.1, -0.05) is 6.58 Å². The molecule has 0 heterocycles. The van der Waals surface area contributed by atoms with Crippen LogP contribution in [0.4, 0.5) is 0 Å². The van der Waals surface area contributed by atoms with Crippen molar-refractivity contribution >= 4 is 5.78 Å². The average Bonchev–Trinajstić information content (AvgIpc) is 1.87. The summed E-state index contributed by atoms with van der Waals surface area (Å²) in [4.78, 5) is 10.6. The van der Waals surface area contributed by atoms with Gasteiger partial charge in [-0.2, -0.15) is 0 Å². The second-order valence-corrected chi connectivity index (χ2v) is 1.48. The number of ether oxygens (including phenoxy) is 2. The number of carbonyl (C=O) groups excluding carboxylic acids is 1. The van der Waals surface area contributed by atoms with E-state index in [1.165, 1.54) is 14.2 Å². The van der Waals surface area contributed by atoms with E-state index in [2.05, 4.69) is 16.1 Å². The maximum atomic E-state index is 10.6. The number of carbonyl (C=O) groups is 1. The highest BCUT2D eigenvalue weighted by atomic mass is 16.5. The van der Waals surface area contributed by atoms with Gasteiger partial charge in [0.1, 0.15) is 6.61 Å². The normalized spacial score (nSPS) is 8.67. The van der Waals surface area contributed by atoms with Crippen molar-refractivity contribution in [3.8, 4) is 0 Å². The molecule has 0 aliphatic heterocycles. The van der Waals surface area contributed by atoms with Gasteiger partial charge in [0, 0.05) is 7.11 Å². The van der Waals surface area contributed by atoms with Crippen molar-refractivity contribution in [2.24, 2.45) is 0 Å². The van der Waals surface area contributed by atoms with Gasteiger partial charge in [0.05, 0.1) is 7.11 Å². The number of hydrogen-bond donors (Lipinski definition) is 0. The van der Waals surface area contributed by atoms with Gasteiger partial charge >= 0.3 is 0 Å². The molecule has 0 amide bonds. The van der Waals surface area contributed by atoms with Gasteiger partial charge < -0.3 is 9.47 Å². The Morgan fingerprint density at radius 1 is 1.56 bits per heavy atom. The monoisotopic (exact) mass is 130 g/mol. The van der Waals surface area contributed by atoms with Crippen molar-refractivity contribution in [1.82, 2.24) is 0 Å². The minimum absolute atomic E-state index is 0.0344. The number of ketones is 1. The summed E-state index contributed by atoms with van der Waals surface area (Å²) in [5.74, 6) is -0.0862. The first-order valence-corrected chi connectivity index (χ1v) is 2.47. The average molecular weight is 130 g/mol. The lowest BCUT2D eigenvalue weighted by atomic mass is 10.4. The van der Waals surface area contributed by atoms with Crippen LogP contribution in [0, 0.1) is 0 Å².